The zero-order valence-electron chi connectivity index (χ0n) is 37.1. The SMILES string of the molecule is C=C(c1cccc(-c2cc(-c3ccccc3)cc(-c3ccccc3)c2)c1)c1ccccc1/N=C(\C)n1c2ccccc2c2cc(-c3ccc4c(c3)c3ccccc3n4-c3ccccc3)ccc21. The van der Waals surface area contributed by atoms with Gasteiger partial charge in [0.15, 0.2) is 0 Å². The Morgan fingerprint density at radius 1 is 0.358 bits per heavy atom. The van der Waals surface area contributed by atoms with Crippen molar-refractivity contribution in [3.8, 4) is 50.2 Å². The van der Waals surface area contributed by atoms with Gasteiger partial charge in [0.2, 0.25) is 0 Å². The standard InChI is InChI=1S/C64H45N3/c1-43(47-23-18-24-48(37-47)53-39-51(45-19-6-3-7-20-45)38-52(40-53)46-21-8-4-9-22-46)55-27-12-15-30-60(55)65-44(2)66-61-31-16-13-28-56(61)58-41-49(33-35-63(58)66)50-34-36-64-59(42-50)57-29-14-17-32-62(57)67(64)54-25-10-5-11-26-54/h3-42H,1H2,2H3/b65-44+. The predicted octanol–water partition coefficient (Wildman–Crippen LogP) is 17.2. The van der Waals surface area contributed by atoms with E-state index in [0.29, 0.717) is 0 Å². The molecule has 316 valence electrons. The molecular weight excluding hydrogens is 811 g/mol. The molecule has 0 unspecified atom stereocenters. The fourth-order valence-electron chi connectivity index (χ4n) is 9.99. The van der Waals surface area contributed by atoms with Gasteiger partial charge in [0.1, 0.15) is 5.84 Å². The van der Waals surface area contributed by atoms with Crippen molar-refractivity contribution in [3.05, 3.63) is 260 Å². The van der Waals surface area contributed by atoms with Crippen molar-refractivity contribution in [3.63, 3.8) is 0 Å². The Kier molecular flexibility index (Phi) is 9.88. The molecule has 3 heteroatoms. The molecule has 67 heavy (non-hydrogen) atoms. The first-order chi connectivity index (χ1) is 33.1. The molecule has 0 aliphatic carbocycles. The van der Waals surface area contributed by atoms with E-state index in [4.69, 9.17) is 11.6 Å². The van der Waals surface area contributed by atoms with Crippen molar-refractivity contribution in [2.24, 2.45) is 4.99 Å². The van der Waals surface area contributed by atoms with Crippen LogP contribution < -0.4 is 0 Å². The number of hydrogen-bond acceptors (Lipinski definition) is 1. The van der Waals surface area contributed by atoms with Gasteiger partial charge in [-0.1, -0.05) is 170 Å². The molecule has 0 saturated heterocycles. The van der Waals surface area contributed by atoms with E-state index >= 15 is 0 Å². The molecule has 0 aliphatic rings. The summed E-state index contributed by atoms with van der Waals surface area (Å²) >= 11 is 0. The largest absolute Gasteiger partial charge is 0.309 e. The maximum Gasteiger partial charge on any atom is 0.111 e. The second-order valence-corrected chi connectivity index (χ2v) is 17.3. The van der Waals surface area contributed by atoms with Crippen LogP contribution in [0.15, 0.2) is 254 Å². The third kappa shape index (κ3) is 7.15. The first-order valence-corrected chi connectivity index (χ1v) is 22.9. The molecule has 10 aromatic carbocycles. The number of hydrogen-bond donors (Lipinski definition) is 0. The van der Waals surface area contributed by atoms with Crippen LogP contribution in [0.25, 0.3) is 99.4 Å². The van der Waals surface area contributed by atoms with Crippen LogP contribution in [0, 0.1) is 0 Å². The second kappa shape index (κ2) is 16.6. The highest BCUT2D eigenvalue weighted by molar-refractivity contribution is 6.16. The number of benzene rings is 10. The molecule has 2 aromatic heterocycles. The molecule has 0 bridgehead atoms. The van der Waals surface area contributed by atoms with Gasteiger partial charge in [-0.15, -0.1) is 0 Å². The number of aliphatic imine (C=N–C) groups is 1. The number of rotatable bonds is 8. The summed E-state index contributed by atoms with van der Waals surface area (Å²) < 4.78 is 4.67. The normalized spacial score (nSPS) is 11.8. The highest BCUT2D eigenvalue weighted by Crippen LogP contribution is 2.39. The topological polar surface area (TPSA) is 22.2 Å². The van der Waals surface area contributed by atoms with Gasteiger partial charge < -0.3 is 4.57 Å². The van der Waals surface area contributed by atoms with Crippen LogP contribution in [0.1, 0.15) is 18.1 Å². The molecule has 0 atom stereocenters. The minimum Gasteiger partial charge on any atom is -0.309 e. The molecule has 0 radical (unpaired) electrons. The van der Waals surface area contributed by atoms with E-state index in [9.17, 15) is 0 Å². The number of fused-ring (bicyclic) bond motifs is 6. The summed E-state index contributed by atoms with van der Waals surface area (Å²) in [7, 11) is 0. The van der Waals surface area contributed by atoms with E-state index in [1.807, 2.05) is 0 Å². The summed E-state index contributed by atoms with van der Waals surface area (Å²) in [6, 6.07) is 87.0. The first kappa shape index (κ1) is 39.8. The third-order valence-electron chi connectivity index (χ3n) is 13.2. The molecule has 0 spiro atoms. The highest BCUT2D eigenvalue weighted by Gasteiger charge is 2.18. The summed E-state index contributed by atoms with van der Waals surface area (Å²) in [5.74, 6) is 0.884. The van der Waals surface area contributed by atoms with Crippen LogP contribution in [0.2, 0.25) is 0 Å². The fraction of sp³-hybridized carbons (Fsp3) is 0.0156. The summed E-state index contributed by atoms with van der Waals surface area (Å²) in [5.41, 5.74) is 19.0. The number of aromatic nitrogens is 2. The van der Waals surface area contributed by atoms with Crippen LogP contribution in [0.3, 0.4) is 0 Å². The van der Waals surface area contributed by atoms with Gasteiger partial charge in [-0.3, -0.25) is 4.57 Å². The Balaban J connectivity index is 0.909. The van der Waals surface area contributed by atoms with Crippen molar-refractivity contribution in [2.75, 3.05) is 0 Å². The quantitative estimate of drug-likeness (QED) is 0.107. The lowest BCUT2D eigenvalue weighted by Gasteiger charge is -2.14. The molecule has 12 aromatic rings. The third-order valence-corrected chi connectivity index (χ3v) is 13.2. The maximum absolute atomic E-state index is 5.41. The van der Waals surface area contributed by atoms with Crippen molar-refractivity contribution in [1.82, 2.24) is 9.13 Å². The molecule has 0 saturated carbocycles. The summed E-state index contributed by atoms with van der Waals surface area (Å²) in [6.07, 6.45) is 0. The summed E-state index contributed by atoms with van der Waals surface area (Å²) in [5, 5.41) is 4.87. The van der Waals surface area contributed by atoms with Gasteiger partial charge in [0, 0.05) is 32.8 Å². The van der Waals surface area contributed by atoms with Gasteiger partial charge in [-0.25, -0.2) is 4.99 Å². The summed E-state index contributed by atoms with van der Waals surface area (Å²) in [4.78, 5) is 5.41. The molecule has 12 rings (SSSR count). The van der Waals surface area contributed by atoms with Crippen molar-refractivity contribution in [2.45, 2.75) is 6.92 Å². The minimum absolute atomic E-state index is 0.873. The van der Waals surface area contributed by atoms with Gasteiger partial charge >= 0.3 is 0 Å². The Bertz CT molecular complexity index is 3810. The maximum atomic E-state index is 5.41. The zero-order chi connectivity index (χ0) is 44.8. The zero-order valence-corrected chi connectivity index (χ0v) is 37.1. The Morgan fingerprint density at radius 2 is 0.821 bits per heavy atom. The van der Waals surface area contributed by atoms with Crippen molar-refractivity contribution in [1.29, 1.82) is 0 Å². The highest BCUT2D eigenvalue weighted by atomic mass is 15.1. The monoisotopic (exact) mass is 855 g/mol. The Hall–Kier alpha value is -8.79. The Labute approximate surface area is 390 Å². The lowest BCUT2D eigenvalue weighted by molar-refractivity contribution is 1.18. The van der Waals surface area contributed by atoms with Crippen molar-refractivity contribution < 1.29 is 0 Å². The molecule has 0 aliphatic heterocycles. The van der Waals surface area contributed by atoms with E-state index in [-0.39, 0.29) is 0 Å². The molecule has 0 N–H and O–H groups in total. The molecule has 2 heterocycles. The van der Waals surface area contributed by atoms with E-state index in [1.54, 1.807) is 0 Å². The van der Waals surface area contributed by atoms with Crippen LogP contribution in [0.4, 0.5) is 5.69 Å². The molecule has 0 fully saturated rings. The van der Waals surface area contributed by atoms with Gasteiger partial charge in [-0.05, 0) is 141 Å². The lowest BCUT2D eigenvalue weighted by Crippen LogP contribution is -2.06. The van der Waals surface area contributed by atoms with Gasteiger partial charge in [-0.2, -0.15) is 0 Å². The van der Waals surface area contributed by atoms with E-state index < -0.39 is 0 Å². The number of para-hydroxylation sites is 4. The smallest absolute Gasteiger partial charge is 0.111 e. The molecule has 0 amide bonds. The number of nitrogens with zero attached hydrogens (tertiary/aromatic N) is 3. The van der Waals surface area contributed by atoms with Crippen LogP contribution in [-0.2, 0) is 0 Å². The Morgan fingerprint density at radius 3 is 1.49 bits per heavy atom. The average Bonchev–Trinajstić information content (AvgIpc) is 3.91. The van der Waals surface area contributed by atoms with Gasteiger partial charge in [0.05, 0.1) is 27.8 Å². The van der Waals surface area contributed by atoms with Crippen molar-refractivity contribution >= 4 is 60.7 Å². The lowest BCUT2D eigenvalue weighted by atomic mass is 9.91. The van der Waals surface area contributed by atoms with Crippen LogP contribution >= 0.6 is 0 Å². The minimum atomic E-state index is 0.873. The van der Waals surface area contributed by atoms with E-state index in [2.05, 4.69) is 259 Å². The van der Waals surface area contributed by atoms with E-state index in [0.717, 1.165) is 56.1 Å². The molecular formula is C64H45N3. The van der Waals surface area contributed by atoms with Crippen LogP contribution in [0.5, 0.6) is 0 Å². The summed E-state index contributed by atoms with van der Waals surface area (Å²) in [6.45, 7) is 6.82. The van der Waals surface area contributed by atoms with Crippen LogP contribution in [-0.4, -0.2) is 15.0 Å². The first-order valence-electron chi connectivity index (χ1n) is 22.9. The van der Waals surface area contributed by atoms with E-state index in [1.165, 1.54) is 66.0 Å². The second-order valence-electron chi connectivity index (χ2n) is 17.3. The van der Waals surface area contributed by atoms with Gasteiger partial charge in [0.25, 0.3) is 0 Å². The fourth-order valence-corrected chi connectivity index (χ4v) is 9.99. The molecule has 3 nitrogen and oxygen atoms in total. The average molecular weight is 856 g/mol. The predicted molar refractivity (Wildman–Crippen MR) is 285 cm³/mol.